The summed E-state index contributed by atoms with van der Waals surface area (Å²) in [6, 6.07) is 20.7. The van der Waals surface area contributed by atoms with E-state index in [2.05, 4.69) is 5.32 Å². The fraction of sp³-hybridized carbons (Fsp3) is 0.167. The molecule has 0 bridgehead atoms. The van der Waals surface area contributed by atoms with E-state index in [0.717, 1.165) is 22.6 Å². The molecular formula is C24H21N3O4. The molecule has 0 fully saturated rings. The maximum Gasteiger partial charge on any atom is 0.278 e. The fourth-order valence-corrected chi connectivity index (χ4v) is 3.71. The van der Waals surface area contributed by atoms with Crippen LogP contribution in [0.1, 0.15) is 34.6 Å². The Morgan fingerprint density at radius 1 is 1.06 bits per heavy atom. The van der Waals surface area contributed by atoms with Crippen molar-refractivity contribution in [3.05, 3.63) is 83.4 Å². The first-order valence-electron chi connectivity index (χ1n) is 9.92. The van der Waals surface area contributed by atoms with E-state index >= 15 is 0 Å². The molecule has 0 spiro atoms. The third kappa shape index (κ3) is 3.44. The van der Waals surface area contributed by atoms with Gasteiger partial charge in [0.05, 0.1) is 18.4 Å². The number of nitrogens with one attached hydrogen (secondary N) is 1. The van der Waals surface area contributed by atoms with Crippen LogP contribution in [0.25, 0.3) is 0 Å². The largest absolute Gasteiger partial charge is 0.497 e. The molecule has 0 radical (unpaired) electrons. The van der Waals surface area contributed by atoms with Gasteiger partial charge < -0.3 is 19.5 Å². The second-order valence-corrected chi connectivity index (χ2v) is 7.27. The lowest BCUT2D eigenvalue weighted by molar-refractivity contribution is 0.0689. The van der Waals surface area contributed by atoms with Crippen molar-refractivity contribution in [1.82, 2.24) is 5.01 Å². The molecule has 0 aromatic heterocycles. The zero-order chi connectivity index (χ0) is 21.4. The highest BCUT2D eigenvalue weighted by atomic mass is 16.7. The van der Waals surface area contributed by atoms with Crippen LogP contribution in [0.4, 0.5) is 5.69 Å². The lowest BCUT2D eigenvalue weighted by Crippen LogP contribution is -2.40. The SMILES string of the molecule is COc1ccc(/C(C)=N/N2C(=O)c3ccccc3NC2c2ccc3c(c2)OCO3)cc1. The fourth-order valence-electron chi connectivity index (χ4n) is 3.71. The first kappa shape index (κ1) is 19.0. The number of benzene rings is 3. The van der Waals surface area contributed by atoms with Crippen molar-refractivity contribution < 1.29 is 19.0 Å². The van der Waals surface area contributed by atoms with Gasteiger partial charge in [-0.25, -0.2) is 5.01 Å². The van der Waals surface area contributed by atoms with Gasteiger partial charge in [-0.1, -0.05) is 18.2 Å². The van der Waals surface area contributed by atoms with Gasteiger partial charge in [-0.15, -0.1) is 0 Å². The van der Waals surface area contributed by atoms with Gasteiger partial charge in [0.2, 0.25) is 6.79 Å². The first-order valence-corrected chi connectivity index (χ1v) is 9.92. The van der Waals surface area contributed by atoms with Crippen LogP contribution < -0.4 is 19.5 Å². The van der Waals surface area contributed by atoms with Crippen LogP contribution in [0.5, 0.6) is 17.2 Å². The molecule has 3 aromatic rings. The minimum Gasteiger partial charge on any atom is -0.497 e. The van der Waals surface area contributed by atoms with Gasteiger partial charge in [0.15, 0.2) is 17.7 Å². The molecule has 156 valence electrons. The first-order chi connectivity index (χ1) is 15.1. The average molecular weight is 415 g/mol. The number of nitrogens with zero attached hydrogens (tertiary/aromatic N) is 2. The van der Waals surface area contributed by atoms with Gasteiger partial charge in [0, 0.05) is 11.3 Å². The Labute approximate surface area is 179 Å². The van der Waals surface area contributed by atoms with E-state index in [9.17, 15) is 4.79 Å². The predicted molar refractivity (Wildman–Crippen MR) is 117 cm³/mol. The van der Waals surface area contributed by atoms with Crippen molar-refractivity contribution in [3.8, 4) is 17.2 Å². The molecule has 1 atom stereocenters. The molecule has 2 heterocycles. The highest BCUT2D eigenvalue weighted by Gasteiger charge is 2.34. The third-order valence-corrected chi connectivity index (χ3v) is 5.38. The zero-order valence-electron chi connectivity index (χ0n) is 17.2. The maximum atomic E-state index is 13.4. The molecule has 1 amide bonds. The van der Waals surface area contributed by atoms with E-state index in [-0.39, 0.29) is 12.7 Å². The summed E-state index contributed by atoms with van der Waals surface area (Å²) in [7, 11) is 1.63. The van der Waals surface area contributed by atoms with E-state index in [4.69, 9.17) is 19.3 Å². The number of hydrazone groups is 1. The van der Waals surface area contributed by atoms with Gasteiger partial charge in [0.1, 0.15) is 5.75 Å². The molecule has 0 saturated heterocycles. The molecule has 7 nitrogen and oxygen atoms in total. The van der Waals surface area contributed by atoms with Crippen LogP contribution >= 0.6 is 0 Å². The summed E-state index contributed by atoms with van der Waals surface area (Å²) in [4.78, 5) is 13.4. The van der Waals surface area contributed by atoms with Gasteiger partial charge in [-0.05, 0) is 61.0 Å². The quantitative estimate of drug-likeness (QED) is 0.639. The van der Waals surface area contributed by atoms with Gasteiger partial charge in [0.25, 0.3) is 5.91 Å². The Morgan fingerprint density at radius 2 is 1.84 bits per heavy atom. The van der Waals surface area contributed by atoms with Crippen LogP contribution in [-0.2, 0) is 0 Å². The Kier molecular flexibility index (Phi) is 4.71. The number of amides is 1. The zero-order valence-corrected chi connectivity index (χ0v) is 17.2. The van der Waals surface area contributed by atoms with Crippen LogP contribution in [0.2, 0.25) is 0 Å². The predicted octanol–water partition coefficient (Wildman–Crippen LogP) is 4.41. The van der Waals surface area contributed by atoms with Crippen LogP contribution in [-0.4, -0.2) is 30.5 Å². The van der Waals surface area contributed by atoms with Gasteiger partial charge in [-0.3, -0.25) is 4.79 Å². The lowest BCUT2D eigenvalue weighted by Gasteiger charge is -2.35. The van der Waals surface area contributed by atoms with Crippen molar-refractivity contribution in [2.45, 2.75) is 13.1 Å². The normalized spacial score (nSPS) is 17.2. The number of para-hydroxylation sites is 1. The summed E-state index contributed by atoms with van der Waals surface area (Å²) in [5, 5.41) is 9.65. The van der Waals surface area contributed by atoms with Crippen molar-refractivity contribution in [3.63, 3.8) is 0 Å². The minimum atomic E-state index is -0.495. The van der Waals surface area contributed by atoms with Crippen molar-refractivity contribution in [2.24, 2.45) is 5.10 Å². The monoisotopic (exact) mass is 415 g/mol. The number of methoxy groups -OCH3 is 1. The Hall–Kier alpha value is -4.00. The number of ether oxygens (including phenoxy) is 3. The third-order valence-electron chi connectivity index (χ3n) is 5.38. The van der Waals surface area contributed by atoms with Crippen molar-refractivity contribution in [2.75, 3.05) is 19.2 Å². The summed E-state index contributed by atoms with van der Waals surface area (Å²) in [5.41, 5.74) is 3.80. The highest BCUT2D eigenvalue weighted by molar-refractivity contribution is 6.04. The topological polar surface area (TPSA) is 72.4 Å². The molecule has 0 saturated carbocycles. The maximum absolute atomic E-state index is 13.4. The number of hydrogen-bond donors (Lipinski definition) is 1. The summed E-state index contributed by atoms with van der Waals surface area (Å²) < 4.78 is 16.2. The Balaban J connectivity index is 1.56. The van der Waals surface area contributed by atoms with Crippen molar-refractivity contribution in [1.29, 1.82) is 0 Å². The molecule has 31 heavy (non-hydrogen) atoms. The average Bonchev–Trinajstić information content (AvgIpc) is 3.28. The minimum absolute atomic E-state index is 0.176. The van der Waals surface area contributed by atoms with Gasteiger partial charge in [-0.2, -0.15) is 5.10 Å². The Morgan fingerprint density at radius 3 is 2.65 bits per heavy atom. The second-order valence-electron chi connectivity index (χ2n) is 7.27. The van der Waals surface area contributed by atoms with E-state index in [1.165, 1.54) is 5.01 Å². The summed E-state index contributed by atoms with van der Waals surface area (Å²) in [6.45, 7) is 2.07. The number of rotatable bonds is 4. The standard InChI is InChI=1S/C24H21N3O4/c1-15(16-7-10-18(29-2)11-8-16)26-27-23(17-9-12-21-22(13-17)31-14-30-21)25-20-6-4-3-5-19(20)24(27)28/h3-13,23,25H,14H2,1-2H3/b26-15+. The lowest BCUT2D eigenvalue weighted by atomic mass is 10.0. The highest BCUT2D eigenvalue weighted by Crippen LogP contribution is 2.38. The molecule has 7 heteroatoms. The molecular weight excluding hydrogens is 394 g/mol. The number of hydrogen-bond acceptors (Lipinski definition) is 6. The van der Waals surface area contributed by atoms with Crippen LogP contribution in [0.15, 0.2) is 71.8 Å². The summed E-state index contributed by atoms with van der Waals surface area (Å²) in [5.74, 6) is 1.93. The second kappa shape index (κ2) is 7.68. The number of carbonyl (C=O) groups excluding carboxylic acids is 1. The smallest absolute Gasteiger partial charge is 0.278 e. The van der Waals surface area contributed by atoms with E-state index in [1.807, 2.05) is 67.6 Å². The molecule has 2 aliphatic heterocycles. The van der Waals surface area contributed by atoms with Crippen LogP contribution in [0, 0.1) is 0 Å². The van der Waals surface area contributed by atoms with E-state index in [0.29, 0.717) is 22.8 Å². The number of carbonyl (C=O) groups is 1. The molecule has 1 unspecified atom stereocenters. The number of fused-ring (bicyclic) bond motifs is 2. The van der Waals surface area contributed by atoms with E-state index < -0.39 is 6.17 Å². The number of anilines is 1. The molecule has 1 N–H and O–H groups in total. The van der Waals surface area contributed by atoms with E-state index in [1.54, 1.807) is 13.2 Å². The molecule has 2 aliphatic rings. The van der Waals surface area contributed by atoms with Crippen LogP contribution in [0.3, 0.4) is 0 Å². The molecule has 3 aromatic carbocycles. The summed E-state index contributed by atoms with van der Waals surface area (Å²) >= 11 is 0. The Bertz CT molecular complexity index is 1170. The molecule has 5 rings (SSSR count). The van der Waals surface area contributed by atoms with Gasteiger partial charge >= 0.3 is 0 Å². The van der Waals surface area contributed by atoms with Crippen molar-refractivity contribution >= 4 is 17.3 Å². The summed E-state index contributed by atoms with van der Waals surface area (Å²) in [6.07, 6.45) is -0.495. The molecule has 0 aliphatic carbocycles.